The number of Topliss-reactive ketones (excluding diaryl/α,β-unsaturated/α-hetero) is 1. The normalized spacial score (nSPS) is 19.1. The number of methoxy groups -OCH3 is 1. The Morgan fingerprint density at radius 3 is 2.32 bits per heavy atom. The highest BCUT2D eigenvalue weighted by Crippen LogP contribution is 2.37. The topological polar surface area (TPSA) is 52.6 Å². The van der Waals surface area contributed by atoms with Gasteiger partial charge >= 0.3 is 5.97 Å². The van der Waals surface area contributed by atoms with E-state index in [2.05, 4.69) is 0 Å². The first-order chi connectivity index (χ1) is 9.11. The zero-order chi connectivity index (χ0) is 14.3. The van der Waals surface area contributed by atoms with Crippen molar-refractivity contribution >= 4 is 11.8 Å². The molecule has 0 aromatic heterocycles. The molecule has 0 N–H and O–H groups in total. The molecule has 1 unspecified atom stereocenters. The third kappa shape index (κ3) is 3.78. The Labute approximate surface area is 115 Å². The SMILES string of the molecule is CCCCC(C(=O)OC)C(=O)C1(OCC)CCCC1. The molecule has 110 valence electrons. The molecule has 0 bridgehead atoms. The number of esters is 1. The summed E-state index contributed by atoms with van der Waals surface area (Å²) in [6, 6.07) is 0. The van der Waals surface area contributed by atoms with E-state index in [4.69, 9.17) is 9.47 Å². The lowest BCUT2D eigenvalue weighted by molar-refractivity contribution is -0.160. The highest BCUT2D eigenvalue weighted by atomic mass is 16.5. The van der Waals surface area contributed by atoms with Crippen LogP contribution in [0, 0.1) is 5.92 Å². The average Bonchev–Trinajstić information content (AvgIpc) is 2.88. The molecule has 0 spiro atoms. The van der Waals surface area contributed by atoms with E-state index < -0.39 is 17.5 Å². The van der Waals surface area contributed by atoms with E-state index in [9.17, 15) is 9.59 Å². The van der Waals surface area contributed by atoms with Gasteiger partial charge in [-0.3, -0.25) is 9.59 Å². The molecule has 1 saturated carbocycles. The lowest BCUT2D eigenvalue weighted by Crippen LogP contribution is -2.45. The molecular formula is C15H26O4. The predicted molar refractivity (Wildman–Crippen MR) is 72.9 cm³/mol. The summed E-state index contributed by atoms with van der Waals surface area (Å²) < 4.78 is 10.5. The Morgan fingerprint density at radius 2 is 1.84 bits per heavy atom. The highest BCUT2D eigenvalue weighted by Gasteiger charge is 2.47. The van der Waals surface area contributed by atoms with Gasteiger partial charge in [0.2, 0.25) is 0 Å². The van der Waals surface area contributed by atoms with E-state index in [0.717, 1.165) is 38.5 Å². The van der Waals surface area contributed by atoms with Crippen LogP contribution in [-0.4, -0.2) is 31.1 Å². The maximum Gasteiger partial charge on any atom is 0.316 e. The minimum absolute atomic E-state index is 0.0628. The maximum atomic E-state index is 12.7. The quantitative estimate of drug-likeness (QED) is 0.502. The summed E-state index contributed by atoms with van der Waals surface area (Å²) >= 11 is 0. The summed E-state index contributed by atoms with van der Waals surface area (Å²) in [6.07, 6.45) is 5.84. The Bertz CT molecular complexity index is 305. The molecule has 1 atom stereocenters. The van der Waals surface area contributed by atoms with Crippen molar-refractivity contribution in [3.63, 3.8) is 0 Å². The molecule has 0 aromatic carbocycles. The predicted octanol–water partition coefficient (Wildman–Crippen LogP) is 2.88. The van der Waals surface area contributed by atoms with E-state index in [-0.39, 0.29) is 5.78 Å². The number of carbonyl (C=O) groups excluding carboxylic acids is 2. The van der Waals surface area contributed by atoms with Gasteiger partial charge < -0.3 is 9.47 Å². The Balaban J connectivity index is 2.86. The van der Waals surface area contributed by atoms with Crippen molar-refractivity contribution in [1.29, 1.82) is 0 Å². The Kier molecular flexibility index (Phi) is 6.49. The fourth-order valence-electron chi connectivity index (χ4n) is 2.91. The minimum atomic E-state index is -0.735. The van der Waals surface area contributed by atoms with Gasteiger partial charge in [-0.25, -0.2) is 0 Å². The van der Waals surface area contributed by atoms with E-state index in [0.29, 0.717) is 13.0 Å². The van der Waals surface area contributed by atoms with Gasteiger partial charge in [-0.05, 0) is 39.0 Å². The third-order valence-corrected chi connectivity index (χ3v) is 3.93. The first-order valence-electron chi connectivity index (χ1n) is 7.37. The van der Waals surface area contributed by atoms with E-state index in [1.165, 1.54) is 7.11 Å². The number of rotatable bonds is 8. The molecule has 19 heavy (non-hydrogen) atoms. The fraction of sp³-hybridized carbons (Fsp3) is 0.867. The van der Waals surface area contributed by atoms with Crippen LogP contribution in [0.3, 0.4) is 0 Å². The summed E-state index contributed by atoms with van der Waals surface area (Å²) in [7, 11) is 1.34. The van der Waals surface area contributed by atoms with Gasteiger partial charge in [-0.2, -0.15) is 0 Å². The molecule has 4 heteroatoms. The standard InChI is InChI=1S/C15H26O4/c1-4-6-9-12(14(17)18-3)13(16)15(19-5-2)10-7-8-11-15/h12H,4-11H2,1-3H3. The number of unbranched alkanes of at least 4 members (excludes halogenated alkanes) is 1. The summed E-state index contributed by atoms with van der Waals surface area (Å²) in [5.41, 5.74) is -0.735. The van der Waals surface area contributed by atoms with E-state index in [1.807, 2.05) is 13.8 Å². The Morgan fingerprint density at radius 1 is 1.21 bits per heavy atom. The van der Waals surface area contributed by atoms with Crippen molar-refractivity contribution in [1.82, 2.24) is 0 Å². The fourth-order valence-corrected chi connectivity index (χ4v) is 2.91. The first kappa shape index (κ1) is 16.2. The van der Waals surface area contributed by atoms with Crippen LogP contribution >= 0.6 is 0 Å². The number of ketones is 1. The van der Waals surface area contributed by atoms with Gasteiger partial charge in [0.25, 0.3) is 0 Å². The lowest BCUT2D eigenvalue weighted by Gasteiger charge is -2.30. The monoisotopic (exact) mass is 270 g/mol. The summed E-state index contributed by atoms with van der Waals surface area (Å²) in [5, 5.41) is 0. The summed E-state index contributed by atoms with van der Waals surface area (Å²) in [6.45, 7) is 4.45. The number of ether oxygens (including phenoxy) is 2. The second-order valence-corrected chi connectivity index (χ2v) is 5.22. The molecule has 1 rings (SSSR count). The molecule has 1 aliphatic carbocycles. The van der Waals surface area contributed by atoms with Crippen molar-refractivity contribution in [2.24, 2.45) is 5.92 Å². The van der Waals surface area contributed by atoms with Gasteiger partial charge in [0.15, 0.2) is 5.78 Å². The summed E-state index contributed by atoms with van der Waals surface area (Å²) in [4.78, 5) is 24.6. The molecule has 1 fully saturated rings. The van der Waals surface area contributed by atoms with Crippen LogP contribution < -0.4 is 0 Å². The van der Waals surface area contributed by atoms with Gasteiger partial charge in [0, 0.05) is 6.61 Å². The number of carbonyl (C=O) groups is 2. The van der Waals surface area contributed by atoms with Crippen LogP contribution in [-0.2, 0) is 19.1 Å². The molecule has 1 aliphatic rings. The summed E-state index contributed by atoms with van der Waals surface area (Å²) in [5.74, 6) is -1.13. The Hall–Kier alpha value is -0.900. The van der Waals surface area contributed by atoms with Gasteiger partial charge in [0.05, 0.1) is 7.11 Å². The zero-order valence-corrected chi connectivity index (χ0v) is 12.4. The number of hydrogen-bond acceptors (Lipinski definition) is 4. The molecule has 0 heterocycles. The largest absolute Gasteiger partial charge is 0.468 e. The molecule has 0 amide bonds. The maximum absolute atomic E-state index is 12.7. The molecule has 0 aliphatic heterocycles. The van der Waals surface area contributed by atoms with Crippen LogP contribution in [0.15, 0.2) is 0 Å². The molecule has 0 aromatic rings. The zero-order valence-electron chi connectivity index (χ0n) is 12.4. The second kappa shape index (κ2) is 7.63. The van der Waals surface area contributed by atoms with E-state index in [1.54, 1.807) is 0 Å². The van der Waals surface area contributed by atoms with Crippen LogP contribution in [0.4, 0.5) is 0 Å². The third-order valence-electron chi connectivity index (χ3n) is 3.93. The van der Waals surface area contributed by atoms with Crippen molar-refractivity contribution in [3.05, 3.63) is 0 Å². The van der Waals surface area contributed by atoms with Crippen LogP contribution in [0.25, 0.3) is 0 Å². The van der Waals surface area contributed by atoms with Crippen LogP contribution in [0.5, 0.6) is 0 Å². The van der Waals surface area contributed by atoms with Crippen molar-refractivity contribution in [2.75, 3.05) is 13.7 Å². The van der Waals surface area contributed by atoms with Gasteiger partial charge in [0.1, 0.15) is 11.5 Å². The van der Waals surface area contributed by atoms with Gasteiger partial charge in [-0.1, -0.05) is 19.8 Å². The van der Waals surface area contributed by atoms with Crippen LogP contribution in [0.2, 0.25) is 0 Å². The van der Waals surface area contributed by atoms with Crippen molar-refractivity contribution < 1.29 is 19.1 Å². The van der Waals surface area contributed by atoms with Crippen LogP contribution in [0.1, 0.15) is 58.8 Å². The molecule has 4 nitrogen and oxygen atoms in total. The highest BCUT2D eigenvalue weighted by molar-refractivity contribution is 6.03. The van der Waals surface area contributed by atoms with E-state index >= 15 is 0 Å². The average molecular weight is 270 g/mol. The first-order valence-corrected chi connectivity index (χ1v) is 7.37. The molecule has 0 radical (unpaired) electrons. The smallest absolute Gasteiger partial charge is 0.316 e. The molecule has 0 saturated heterocycles. The second-order valence-electron chi connectivity index (χ2n) is 5.22. The lowest BCUT2D eigenvalue weighted by atomic mass is 9.84. The number of hydrogen-bond donors (Lipinski definition) is 0. The van der Waals surface area contributed by atoms with Crippen molar-refractivity contribution in [2.45, 2.75) is 64.4 Å². The van der Waals surface area contributed by atoms with Gasteiger partial charge in [-0.15, -0.1) is 0 Å². The minimum Gasteiger partial charge on any atom is -0.468 e. The van der Waals surface area contributed by atoms with Crippen molar-refractivity contribution in [3.8, 4) is 0 Å². The molecular weight excluding hydrogens is 244 g/mol.